The van der Waals surface area contributed by atoms with Crippen LogP contribution in [0.4, 0.5) is 5.69 Å². The topological polar surface area (TPSA) is 92.8 Å². The van der Waals surface area contributed by atoms with Gasteiger partial charge in [0.15, 0.2) is 12.4 Å². The Morgan fingerprint density at radius 1 is 1.13 bits per heavy atom. The molecule has 1 saturated heterocycles. The van der Waals surface area contributed by atoms with Crippen LogP contribution in [0.5, 0.6) is 0 Å². The molecule has 7 heteroatoms. The number of amides is 2. The molecule has 1 fully saturated rings. The molecule has 2 aromatic carbocycles. The maximum absolute atomic E-state index is 12.4. The maximum Gasteiger partial charge on any atom is 0.311 e. The molecule has 7 nitrogen and oxygen atoms in total. The van der Waals surface area contributed by atoms with Gasteiger partial charge >= 0.3 is 5.97 Å². The summed E-state index contributed by atoms with van der Waals surface area (Å²) in [4.78, 5) is 49.9. The van der Waals surface area contributed by atoms with Crippen molar-refractivity contribution in [3.63, 3.8) is 0 Å². The molecule has 1 aliphatic rings. The number of anilines is 1. The number of rotatable bonds is 7. The van der Waals surface area contributed by atoms with Crippen LogP contribution in [0.3, 0.4) is 0 Å². The van der Waals surface area contributed by atoms with Gasteiger partial charge in [-0.15, -0.1) is 0 Å². The SMILES string of the molecule is CC(=O)c1cccc(NC(=O)COC(=O)[C@H]2CC(=O)N([C@H](C)c3ccccc3)C2)c1. The van der Waals surface area contributed by atoms with E-state index in [0.29, 0.717) is 11.3 Å². The summed E-state index contributed by atoms with van der Waals surface area (Å²) in [6.07, 6.45) is 0.0677. The summed E-state index contributed by atoms with van der Waals surface area (Å²) < 4.78 is 5.12. The lowest BCUT2D eigenvalue weighted by Gasteiger charge is -2.25. The van der Waals surface area contributed by atoms with Crippen LogP contribution in [0, 0.1) is 5.92 Å². The van der Waals surface area contributed by atoms with E-state index in [1.807, 2.05) is 37.3 Å². The first-order valence-corrected chi connectivity index (χ1v) is 9.77. The molecule has 0 aliphatic carbocycles. The number of nitrogens with zero attached hydrogens (tertiary/aromatic N) is 1. The minimum Gasteiger partial charge on any atom is -0.455 e. The Kier molecular flexibility index (Phi) is 6.61. The van der Waals surface area contributed by atoms with E-state index in [9.17, 15) is 19.2 Å². The van der Waals surface area contributed by atoms with Crippen molar-refractivity contribution in [1.82, 2.24) is 4.90 Å². The molecule has 0 unspecified atom stereocenters. The van der Waals surface area contributed by atoms with Crippen LogP contribution in [-0.4, -0.2) is 41.6 Å². The molecule has 156 valence electrons. The second-order valence-electron chi connectivity index (χ2n) is 7.33. The smallest absolute Gasteiger partial charge is 0.311 e. The quantitative estimate of drug-likeness (QED) is 0.562. The fraction of sp³-hybridized carbons (Fsp3) is 0.304. The molecule has 0 spiro atoms. The zero-order valence-corrected chi connectivity index (χ0v) is 17.0. The van der Waals surface area contributed by atoms with Crippen molar-refractivity contribution in [3.05, 3.63) is 65.7 Å². The van der Waals surface area contributed by atoms with E-state index in [1.54, 1.807) is 29.2 Å². The van der Waals surface area contributed by atoms with E-state index in [-0.39, 0.29) is 30.7 Å². The predicted molar refractivity (Wildman–Crippen MR) is 111 cm³/mol. The summed E-state index contributed by atoms with van der Waals surface area (Å²) in [5.41, 5.74) is 1.91. The van der Waals surface area contributed by atoms with E-state index in [0.717, 1.165) is 5.56 Å². The Bertz CT molecular complexity index is 957. The van der Waals surface area contributed by atoms with Gasteiger partial charge in [-0.1, -0.05) is 42.5 Å². The summed E-state index contributed by atoms with van der Waals surface area (Å²) in [6, 6.07) is 16.0. The number of benzene rings is 2. The fourth-order valence-electron chi connectivity index (χ4n) is 3.44. The first kappa shape index (κ1) is 21.2. The monoisotopic (exact) mass is 408 g/mol. The third-order valence-corrected chi connectivity index (χ3v) is 5.14. The number of esters is 1. The lowest BCUT2D eigenvalue weighted by molar-refractivity contribution is -0.151. The predicted octanol–water partition coefficient (Wildman–Crippen LogP) is 2.98. The number of ketones is 1. The molecular weight excluding hydrogens is 384 g/mol. The Morgan fingerprint density at radius 3 is 2.57 bits per heavy atom. The van der Waals surface area contributed by atoms with E-state index in [2.05, 4.69) is 5.32 Å². The zero-order chi connectivity index (χ0) is 21.7. The van der Waals surface area contributed by atoms with Gasteiger partial charge in [-0.05, 0) is 31.5 Å². The molecule has 0 radical (unpaired) electrons. The van der Waals surface area contributed by atoms with Crippen LogP contribution in [-0.2, 0) is 19.1 Å². The molecule has 1 aliphatic heterocycles. The zero-order valence-electron chi connectivity index (χ0n) is 17.0. The molecule has 0 bridgehead atoms. The minimum atomic E-state index is -0.600. The standard InChI is InChI=1S/C23H24N2O5/c1-15(17-7-4-3-5-8-17)25-13-19(12-22(25)28)23(29)30-14-21(27)24-20-10-6-9-18(11-20)16(2)26/h3-11,15,19H,12-14H2,1-2H3,(H,24,27)/t15-,19+/m1/s1. The number of ether oxygens (including phenoxy) is 1. The lowest BCUT2D eigenvalue weighted by Crippen LogP contribution is -2.30. The number of Topliss-reactive ketones (excluding diaryl/α,β-unsaturated/α-hetero) is 1. The van der Waals surface area contributed by atoms with Gasteiger partial charge in [0.2, 0.25) is 5.91 Å². The number of carbonyl (C=O) groups excluding carboxylic acids is 4. The van der Waals surface area contributed by atoms with Crippen LogP contribution in [0.15, 0.2) is 54.6 Å². The molecule has 3 rings (SSSR count). The highest BCUT2D eigenvalue weighted by Gasteiger charge is 2.38. The van der Waals surface area contributed by atoms with Gasteiger partial charge in [0.05, 0.1) is 12.0 Å². The average Bonchev–Trinajstić information content (AvgIpc) is 3.14. The number of carbonyl (C=O) groups is 4. The van der Waals surface area contributed by atoms with Crippen LogP contribution in [0.25, 0.3) is 0 Å². The Labute approximate surface area is 175 Å². The highest BCUT2D eigenvalue weighted by Crippen LogP contribution is 2.29. The average molecular weight is 408 g/mol. The third kappa shape index (κ3) is 5.11. The molecule has 0 saturated carbocycles. The largest absolute Gasteiger partial charge is 0.455 e. The molecular formula is C23H24N2O5. The summed E-state index contributed by atoms with van der Waals surface area (Å²) in [7, 11) is 0. The first-order valence-electron chi connectivity index (χ1n) is 9.77. The van der Waals surface area contributed by atoms with Gasteiger partial charge in [-0.25, -0.2) is 0 Å². The van der Waals surface area contributed by atoms with Crippen LogP contribution in [0.2, 0.25) is 0 Å². The van der Waals surface area contributed by atoms with E-state index >= 15 is 0 Å². The van der Waals surface area contributed by atoms with Crippen molar-refractivity contribution in [3.8, 4) is 0 Å². The van der Waals surface area contributed by atoms with Crippen LogP contribution >= 0.6 is 0 Å². The summed E-state index contributed by atoms with van der Waals surface area (Å²) in [5.74, 6) is -1.91. The van der Waals surface area contributed by atoms with Crippen molar-refractivity contribution in [2.24, 2.45) is 5.92 Å². The highest BCUT2D eigenvalue weighted by atomic mass is 16.5. The minimum absolute atomic E-state index is 0.0677. The Balaban J connectivity index is 1.51. The molecule has 1 N–H and O–H groups in total. The number of hydrogen-bond acceptors (Lipinski definition) is 5. The molecule has 2 atom stereocenters. The maximum atomic E-state index is 12.4. The van der Waals surface area contributed by atoms with Gasteiger partial charge in [0.1, 0.15) is 0 Å². The van der Waals surface area contributed by atoms with E-state index in [4.69, 9.17) is 4.74 Å². The van der Waals surface area contributed by atoms with Crippen molar-refractivity contribution in [2.75, 3.05) is 18.5 Å². The molecule has 1 heterocycles. The Morgan fingerprint density at radius 2 is 1.87 bits per heavy atom. The first-order chi connectivity index (χ1) is 14.3. The number of nitrogens with one attached hydrogen (secondary N) is 1. The van der Waals surface area contributed by atoms with Gasteiger partial charge in [-0.3, -0.25) is 19.2 Å². The molecule has 2 aromatic rings. The molecule has 2 amide bonds. The van der Waals surface area contributed by atoms with Crippen molar-refractivity contribution >= 4 is 29.3 Å². The summed E-state index contributed by atoms with van der Waals surface area (Å²) >= 11 is 0. The third-order valence-electron chi connectivity index (χ3n) is 5.14. The highest BCUT2D eigenvalue weighted by molar-refractivity contribution is 5.97. The van der Waals surface area contributed by atoms with Crippen LogP contribution in [0.1, 0.15) is 42.2 Å². The second kappa shape index (κ2) is 9.35. The van der Waals surface area contributed by atoms with Gasteiger partial charge in [0, 0.05) is 24.2 Å². The molecule has 0 aromatic heterocycles. The van der Waals surface area contributed by atoms with E-state index in [1.165, 1.54) is 6.92 Å². The summed E-state index contributed by atoms with van der Waals surface area (Å²) in [5, 5.41) is 2.59. The van der Waals surface area contributed by atoms with Gasteiger partial charge in [0.25, 0.3) is 5.91 Å². The fourth-order valence-corrected chi connectivity index (χ4v) is 3.44. The lowest BCUT2D eigenvalue weighted by atomic mass is 10.1. The normalized spacial score (nSPS) is 16.8. The number of likely N-dealkylation sites (tertiary alicyclic amines) is 1. The van der Waals surface area contributed by atoms with Crippen molar-refractivity contribution in [1.29, 1.82) is 0 Å². The van der Waals surface area contributed by atoms with Gasteiger partial charge in [-0.2, -0.15) is 0 Å². The number of hydrogen-bond donors (Lipinski definition) is 1. The van der Waals surface area contributed by atoms with Crippen molar-refractivity contribution in [2.45, 2.75) is 26.3 Å². The Hall–Kier alpha value is -3.48. The second-order valence-corrected chi connectivity index (χ2v) is 7.33. The van der Waals surface area contributed by atoms with Crippen molar-refractivity contribution < 1.29 is 23.9 Å². The summed E-state index contributed by atoms with van der Waals surface area (Å²) in [6.45, 7) is 3.16. The van der Waals surface area contributed by atoms with Gasteiger partial charge < -0.3 is 15.0 Å². The molecule has 30 heavy (non-hydrogen) atoms. The van der Waals surface area contributed by atoms with E-state index < -0.39 is 24.4 Å². The van der Waals surface area contributed by atoms with Crippen LogP contribution < -0.4 is 5.32 Å².